The Hall–Kier alpha value is -2.46. The number of aryl methyl sites for hydroxylation is 1. The van der Waals surface area contributed by atoms with Crippen molar-refractivity contribution in [1.29, 1.82) is 0 Å². The molecule has 0 radical (unpaired) electrons. The number of benzene rings is 2. The highest BCUT2D eigenvalue weighted by atomic mass is 35.5. The number of hydrogen-bond acceptors (Lipinski definition) is 3. The first kappa shape index (κ1) is 14.5. The summed E-state index contributed by atoms with van der Waals surface area (Å²) in [7, 11) is 0. The van der Waals surface area contributed by atoms with Crippen LogP contribution >= 0.6 is 11.6 Å². The smallest absolute Gasteiger partial charge is 0.303 e. The predicted molar refractivity (Wildman–Crippen MR) is 85.9 cm³/mol. The number of hydrogen-bond donors (Lipinski definition) is 1. The number of nitrogens with zero attached hydrogens (tertiary/aromatic N) is 2. The highest BCUT2D eigenvalue weighted by Crippen LogP contribution is 2.28. The maximum absolute atomic E-state index is 10.8. The van der Waals surface area contributed by atoms with E-state index in [1.165, 1.54) is 0 Å². The number of fused-ring (bicyclic) bond motifs is 1. The molecule has 1 heterocycles. The molecule has 0 saturated heterocycles. The summed E-state index contributed by atoms with van der Waals surface area (Å²) in [6.45, 7) is 0. The molecule has 0 atom stereocenters. The molecule has 0 spiro atoms. The van der Waals surface area contributed by atoms with Crippen molar-refractivity contribution in [2.24, 2.45) is 0 Å². The quantitative estimate of drug-likeness (QED) is 0.792. The van der Waals surface area contributed by atoms with E-state index in [1.54, 1.807) is 6.07 Å². The van der Waals surface area contributed by atoms with Crippen LogP contribution in [0.1, 0.15) is 12.2 Å². The van der Waals surface area contributed by atoms with E-state index < -0.39 is 5.97 Å². The second-order valence-electron chi connectivity index (χ2n) is 4.91. The monoisotopic (exact) mass is 312 g/mol. The number of aliphatic carboxylic acids is 1. The van der Waals surface area contributed by atoms with Gasteiger partial charge in [-0.15, -0.1) is 0 Å². The molecule has 1 aromatic heterocycles. The lowest BCUT2D eigenvalue weighted by Crippen LogP contribution is -2.03. The summed E-state index contributed by atoms with van der Waals surface area (Å²) in [5.74, 6) is -0.336. The van der Waals surface area contributed by atoms with Gasteiger partial charge in [0.2, 0.25) is 0 Å². The van der Waals surface area contributed by atoms with Crippen LogP contribution in [-0.4, -0.2) is 21.0 Å². The number of aromatic nitrogens is 2. The molecule has 1 N–H and O–H groups in total. The van der Waals surface area contributed by atoms with Crippen molar-refractivity contribution >= 4 is 28.5 Å². The van der Waals surface area contributed by atoms with E-state index in [0.29, 0.717) is 17.3 Å². The summed E-state index contributed by atoms with van der Waals surface area (Å²) < 4.78 is 0. The first-order chi connectivity index (χ1) is 10.6. The molecule has 0 aliphatic rings. The normalized spacial score (nSPS) is 10.8. The Morgan fingerprint density at radius 3 is 2.59 bits per heavy atom. The molecule has 0 aliphatic carbocycles. The van der Waals surface area contributed by atoms with Crippen LogP contribution in [0.5, 0.6) is 0 Å². The summed E-state index contributed by atoms with van der Waals surface area (Å²) >= 11 is 6.09. The summed E-state index contributed by atoms with van der Waals surface area (Å²) in [5, 5.41) is 10.3. The molecule has 0 aliphatic heterocycles. The fraction of sp³-hybridized carbons (Fsp3) is 0.118. The van der Waals surface area contributed by atoms with Gasteiger partial charge in [0.15, 0.2) is 0 Å². The third-order valence-corrected chi connectivity index (χ3v) is 3.55. The van der Waals surface area contributed by atoms with E-state index in [4.69, 9.17) is 16.7 Å². The lowest BCUT2D eigenvalue weighted by molar-refractivity contribution is -0.137. The number of carboxylic acid groups (broad SMARTS) is 1. The van der Waals surface area contributed by atoms with Crippen molar-refractivity contribution < 1.29 is 9.90 Å². The maximum atomic E-state index is 10.8. The van der Waals surface area contributed by atoms with E-state index in [9.17, 15) is 4.79 Å². The van der Waals surface area contributed by atoms with Crippen LogP contribution in [0.25, 0.3) is 22.2 Å². The topological polar surface area (TPSA) is 63.1 Å². The molecule has 0 unspecified atom stereocenters. The fourth-order valence-electron chi connectivity index (χ4n) is 2.30. The second kappa shape index (κ2) is 6.12. The predicted octanol–water partition coefficient (Wildman–Crippen LogP) is 3.97. The van der Waals surface area contributed by atoms with Gasteiger partial charge >= 0.3 is 5.97 Å². The highest BCUT2D eigenvalue weighted by Gasteiger charge is 2.11. The molecule has 2 aromatic carbocycles. The van der Waals surface area contributed by atoms with Gasteiger partial charge in [-0.1, -0.05) is 41.9 Å². The minimum Gasteiger partial charge on any atom is -0.481 e. The molecule has 4 nitrogen and oxygen atoms in total. The third kappa shape index (κ3) is 3.07. The zero-order valence-electron chi connectivity index (χ0n) is 11.7. The Morgan fingerprint density at radius 1 is 1.09 bits per heavy atom. The zero-order valence-corrected chi connectivity index (χ0v) is 12.4. The number of halogens is 1. The summed E-state index contributed by atoms with van der Waals surface area (Å²) in [6, 6.07) is 15.2. The van der Waals surface area contributed by atoms with Gasteiger partial charge in [0.1, 0.15) is 5.82 Å². The van der Waals surface area contributed by atoms with Gasteiger partial charge < -0.3 is 5.11 Å². The van der Waals surface area contributed by atoms with Crippen molar-refractivity contribution in [3.63, 3.8) is 0 Å². The number of rotatable bonds is 4. The van der Waals surface area contributed by atoms with Crippen LogP contribution in [-0.2, 0) is 11.2 Å². The Bertz CT molecular complexity index is 835. The van der Waals surface area contributed by atoms with Crippen LogP contribution in [0.4, 0.5) is 0 Å². The Morgan fingerprint density at radius 2 is 1.86 bits per heavy atom. The average Bonchev–Trinajstić information content (AvgIpc) is 2.53. The van der Waals surface area contributed by atoms with Gasteiger partial charge in [-0.25, -0.2) is 9.97 Å². The molecule has 0 amide bonds. The van der Waals surface area contributed by atoms with Gasteiger partial charge in [0.05, 0.1) is 17.6 Å². The van der Waals surface area contributed by atoms with E-state index >= 15 is 0 Å². The molecule has 3 aromatic rings. The van der Waals surface area contributed by atoms with E-state index in [-0.39, 0.29) is 6.42 Å². The lowest BCUT2D eigenvalue weighted by atomic mass is 10.1. The second-order valence-corrected chi connectivity index (χ2v) is 5.35. The van der Waals surface area contributed by atoms with E-state index in [2.05, 4.69) is 9.97 Å². The SMILES string of the molecule is O=C(O)CCc1nc(-c2ccccc2)c2cc(Cl)ccc2n1. The average molecular weight is 313 g/mol. The highest BCUT2D eigenvalue weighted by molar-refractivity contribution is 6.31. The fourth-order valence-corrected chi connectivity index (χ4v) is 2.47. The lowest BCUT2D eigenvalue weighted by Gasteiger charge is -2.09. The molecular weight excluding hydrogens is 300 g/mol. The van der Waals surface area contributed by atoms with Crippen LogP contribution in [0.3, 0.4) is 0 Å². The van der Waals surface area contributed by atoms with Crippen molar-refractivity contribution in [3.05, 3.63) is 59.4 Å². The zero-order chi connectivity index (χ0) is 15.5. The van der Waals surface area contributed by atoms with Gasteiger partial charge in [0.25, 0.3) is 0 Å². The molecule has 0 saturated carbocycles. The molecule has 0 fully saturated rings. The van der Waals surface area contributed by atoms with Crippen LogP contribution in [0.15, 0.2) is 48.5 Å². The van der Waals surface area contributed by atoms with E-state index in [1.807, 2.05) is 42.5 Å². The van der Waals surface area contributed by atoms with Gasteiger partial charge in [-0.05, 0) is 18.2 Å². The minimum absolute atomic E-state index is 0.00727. The number of carbonyl (C=O) groups is 1. The van der Waals surface area contributed by atoms with Crippen LogP contribution in [0.2, 0.25) is 5.02 Å². The molecule has 3 rings (SSSR count). The first-order valence-electron chi connectivity index (χ1n) is 6.87. The Kier molecular flexibility index (Phi) is 4.02. The molecule has 22 heavy (non-hydrogen) atoms. The van der Waals surface area contributed by atoms with E-state index in [0.717, 1.165) is 22.2 Å². The summed E-state index contributed by atoms with van der Waals surface area (Å²) in [6.07, 6.45) is 0.307. The maximum Gasteiger partial charge on any atom is 0.303 e. The standard InChI is InChI=1S/C17H13ClN2O2/c18-12-6-7-14-13(10-12)17(11-4-2-1-3-5-11)20-15(19-14)8-9-16(21)22/h1-7,10H,8-9H2,(H,21,22). The summed E-state index contributed by atoms with van der Waals surface area (Å²) in [4.78, 5) is 19.8. The Labute approximate surface area is 132 Å². The van der Waals surface area contributed by atoms with Crippen molar-refractivity contribution in [2.75, 3.05) is 0 Å². The minimum atomic E-state index is -0.860. The molecule has 110 valence electrons. The van der Waals surface area contributed by atoms with Gasteiger partial charge in [-0.2, -0.15) is 0 Å². The van der Waals surface area contributed by atoms with Crippen molar-refractivity contribution in [3.8, 4) is 11.3 Å². The largest absolute Gasteiger partial charge is 0.481 e. The Balaban J connectivity index is 2.17. The van der Waals surface area contributed by atoms with Gasteiger partial charge in [-0.3, -0.25) is 4.79 Å². The number of carboxylic acids is 1. The van der Waals surface area contributed by atoms with Crippen LogP contribution < -0.4 is 0 Å². The van der Waals surface area contributed by atoms with Crippen molar-refractivity contribution in [2.45, 2.75) is 12.8 Å². The third-order valence-electron chi connectivity index (χ3n) is 3.31. The first-order valence-corrected chi connectivity index (χ1v) is 7.24. The van der Waals surface area contributed by atoms with Crippen molar-refractivity contribution in [1.82, 2.24) is 9.97 Å². The molecular formula is C17H13ClN2O2. The molecule has 0 bridgehead atoms. The van der Waals surface area contributed by atoms with Gasteiger partial charge in [0, 0.05) is 22.4 Å². The summed E-state index contributed by atoms with van der Waals surface area (Å²) in [5.41, 5.74) is 2.49. The molecule has 5 heteroatoms. The van der Waals surface area contributed by atoms with Crippen LogP contribution in [0, 0.1) is 0 Å².